The van der Waals surface area contributed by atoms with E-state index in [-0.39, 0.29) is 11.3 Å². The maximum Gasteiger partial charge on any atom is 0.244 e. The standard InChI is InChI=1S/C17H29NO3/c1-15-6-13-7-16(2,10-15)12-17(8-13,11-15)9-14(19)18-21-5-4-20-3/h13H,4-12H2,1-3H3,(H,18,19). The van der Waals surface area contributed by atoms with E-state index in [1.165, 1.54) is 38.5 Å². The Morgan fingerprint density at radius 2 is 1.76 bits per heavy atom. The molecule has 0 saturated heterocycles. The SMILES string of the molecule is COCCONC(=O)CC12CC3CC(C)(CC(C)(C3)C1)C2. The Labute approximate surface area is 127 Å². The zero-order valence-corrected chi connectivity index (χ0v) is 13.7. The third-order valence-electron chi connectivity index (χ3n) is 5.85. The van der Waals surface area contributed by atoms with Crippen LogP contribution in [0.15, 0.2) is 0 Å². The van der Waals surface area contributed by atoms with Crippen LogP contribution >= 0.6 is 0 Å². The van der Waals surface area contributed by atoms with Crippen LogP contribution in [-0.4, -0.2) is 26.2 Å². The zero-order valence-electron chi connectivity index (χ0n) is 13.7. The molecule has 4 saturated carbocycles. The number of ether oxygens (including phenoxy) is 1. The molecule has 4 nitrogen and oxygen atoms in total. The summed E-state index contributed by atoms with van der Waals surface area (Å²) in [6.07, 6.45) is 8.40. The number of hydroxylamine groups is 1. The van der Waals surface area contributed by atoms with E-state index in [2.05, 4.69) is 19.3 Å². The number of carbonyl (C=O) groups excluding carboxylic acids is 1. The molecule has 4 fully saturated rings. The van der Waals surface area contributed by atoms with Gasteiger partial charge < -0.3 is 4.74 Å². The van der Waals surface area contributed by atoms with E-state index in [9.17, 15) is 4.79 Å². The molecule has 2 unspecified atom stereocenters. The molecule has 0 radical (unpaired) electrons. The van der Waals surface area contributed by atoms with Crippen LogP contribution in [0.2, 0.25) is 0 Å². The van der Waals surface area contributed by atoms with E-state index in [1.807, 2.05) is 0 Å². The summed E-state index contributed by atoms with van der Waals surface area (Å²) in [5.41, 5.74) is 3.75. The van der Waals surface area contributed by atoms with E-state index in [1.54, 1.807) is 7.11 Å². The van der Waals surface area contributed by atoms with Gasteiger partial charge in [0, 0.05) is 13.5 Å². The molecule has 4 aliphatic rings. The van der Waals surface area contributed by atoms with Gasteiger partial charge in [0.2, 0.25) is 5.91 Å². The molecule has 0 aromatic carbocycles. The summed E-state index contributed by atoms with van der Waals surface area (Å²) in [5, 5.41) is 0. The van der Waals surface area contributed by atoms with Crippen LogP contribution in [0.25, 0.3) is 0 Å². The number of rotatable bonds is 6. The average molecular weight is 295 g/mol. The van der Waals surface area contributed by atoms with Crippen molar-refractivity contribution >= 4 is 5.91 Å². The first-order chi connectivity index (χ1) is 9.86. The van der Waals surface area contributed by atoms with Crippen LogP contribution < -0.4 is 5.48 Å². The van der Waals surface area contributed by atoms with E-state index >= 15 is 0 Å². The summed E-state index contributed by atoms with van der Waals surface area (Å²) in [6, 6.07) is 0. The van der Waals surface area contributed by atoms with Gasteiger partial charge in [-0.2, -0.15) is 0 Å². The van der Waals surface area contributed by atoms with E-state index < -0.39 is 0 Å². The van der Waals surface area contributed by atoms with E-state index in [0.717, 1.165) is 5.92 Å². The molecular formula is C17H29NO3. The molecule has 1 N–H and O–H groups in total. The second-order valence-corrected chi connectivity index (χ2v) is 8.67. The number of carbonyl (C=O) groups is 1. The minimum atomic E-state index is 0.0419. The van der Waals surface area contributed by atoms with E-state index in [4.69, 9.17) is 9.57 Å². The Hall–Kier alpha value is -0.610. The average Bonchev–Trinajstić information content (AvgIpc) is 2.29. The van der Waals surface area contributed by atoms with Gasteiger partial charge in [-0.1, -0.05) is 13.8 Å². The van der Waals surface area contributed by atoms with Crippen LogP contribution in [-0.2, 0) is 14.4 Å². The predicted molar refractivity (Wildman–Crippen MR) is 80.4 cm³/mol. The van der Waals surface area contributed by atoms with Gasteiger partial charge in [-0.3, -0.25) is 9.63 Å². The van der Waals surface area contributed by atoms with Crippen molar-refractivity contribution in [2.75, 3.05) is 20.3 Å². The van der Waals surface area contributed by atoms with Crippen LogP contribution in [0.1, 0.15) is 58.8 Å². The highest BCUT2D eigenvalue weighted by Crippen LogP contribution is 2.70. The van der Waals surface area contributed by atoms with Crippen molar-refractivity contribution in [2.24, 2.45) is 22.2 Å². The van der Waals surface area contributed by atoms with Gasteiger partial charge in [-0.05, 0) is 60.7 Å². The molecule has 0 spiro atoms. The maximum atomic E-state index is 12.2. The summed E-state index contributed by atoms with van der Waals surface area (Å²) in [4.78, 5) is 17.4. The fourth-order valence-electron chi connectivity index (χ4n) is 6.51. The summed E-state index contributed by atoms with van der Waals surface area (Å²) in [5.74, 6) is 0.874. The number of hydrogen-bond donors (Lipinski definition) is 1. The fraction of sp³-hybridized carbons (Fsp3) is 0.941. The lowest BCUT2D eigenvalue weighted by molar-refractivity contribution is -0.162. The fourth-order valence-corrected chi connectivity index (χ4v) is 6.51. The molecule has 0 aromatic heterocycles. The Balaban J connectivity index is 1.61. The topological polar surface area (TPSA) is 47.6 Å². The van der Waals surface area contributed by atoms with E-state index in [0.29, 0.717) is 30.5 Å². The maximum absolute atomic E-state index is 12.2. The van der Waals surface area contributed by atoms with Gasteiger partial charge in [0.25, 0.3) is 0 Å². The first-order valence-electron chi connectivity index (χ1n) is 8.26. The van der Waals surface area contributed by atoms with Crippen molar-refractivity contribution in [3.05, 3.63) is 0 Å². The first kappa shape index (κ1) is 15.3. The molecule has 4 rings (SSSR count). The minimum Gasteiger partial charge on any atom is -0.382 e. The predicted octanol–water partition coefficient (Wildman–Crippen LogP) is 3.07. The van der Waals surface area contributed by atoms with Gasteiger partial charge in [-0.25, -0.2) is 5.48 Å². The molecule has 4 bridgehead atoms. The molecule has 4 heteroatoms. The molecule has 2 atom stereocenters. The monoisotopic (exact) mass is 295 g/mol. The molecule has 4 aliphatic carbocycles. The van der Waals surface area contributed by atoms with Crippen molar-refractivity contribution in [3.63, 3.8) is 0 Å². The Kier molecular flexibility index (Phi) is 3.81. The van der Waals surface area contributed by atoms with Crippen LogP contribution in [0.5, 0.6) is 0 Å². The van der Waals surface area contributed by atoms with Gasteiger partial charge in [0.05, 0.1) is 13.2 Å². The minimum absolute atomic E-state index is 0.0419. The Bertz CT molecular complexity index is 404. The van der Waals surface area contributed by atoms with Crippen molar-refractivity contribution in [3.8, 4) is 0 Å². The lowest BCUT2D eigenvalue weighted by Crippen LogP contribution is -2.56. The van der Waals surface area contributed by atoms with Crippen molar-refractivity contribution in [1.82, 2.24) is 5.48 Å². The molecule has 0 heterocycles. The van der Waals surface area contributed by atoms with Crippen molar-refractivity contribution in [1.29, 1.82) is 0 Å². The highest BCUT2D eigenvalue weighted by molar-refractivity contribution is 5.75. The van der Waals surface area contributed by atoms with Crippen molar-refractivity contribution in [2.45, 2.75) is 58.8 Å². The zero-order chi connectivity index (χ0) is 15.1. The number of methoxy groups -OCH3 is 1. The first-order valence-corrected chi connectivity index (χ1v) is 8.26. The number of nitrogens with one attached hydrogen (secondary N) is 1. The largest absolute Gasteiger partial charge is 0.382 e. The smallest absolute Gasteiger partial charge is 0.244 e. The second-order valence-electron chi connectivity index (χ2n) is 8.67. The van der Waals surface area contributed by atoms with Gasteiger partial charge in [-0.15, -0.1) is 0 Å². The quantitative estimate of drug-likeness (QED) is 0.605. The molecular weight excluding hydrogens is 266 g/mol. The van der Waals surface area contributed by atoms with Gasteiger partial charge in [0.15, 0.2) is 0 Å². The van der Waals surface area contributed by atoms with Crippen LogP contribution in [0, 0.1) is 22.2 Å². The van der Waals surface area contributed by atoms with Crippen LogP contribution in [0.4, 0.5) is 0 Å². The summed E-state index contributed by atoms with van der Waals surface area (Å²) in [7, 11) is 1.63. The molecule has 0 aromatic rings. The normalized spacial score (nSPS) is 44.0. The molecule has 1 amide bonds. The number of amides is 1. The van der Waals surface area contributed by atoms with Gasteiger partial charge in [0.1, 0.15) is 0 Å². The molecule has 0 aliphatic heterocycles. The second kappa shape index (κ2) is 5.24. The third-order valence-corrected chi connectivity index (χ3v) is 5.85. The lowest BCUT2D eigenvalue weighted by atomic mass is 9.40. The van der Waals surface area contributed by atoms with Gasteiger partial charge >= 0.3 is 0 Å². The third kappa shape index (κ3) is 3.11. The van der Waals surface area contributed by atoms with Crippen LogP contribution in [0.3, 0.4) is 0 Å². The molecule has 120 valence electrons. The summed E-state index contributed by atoms with van der Waals surface area (Å²) >= 11 is 0. The Morgan fingerprint density at radius 1 is 1.10 bits per heavy atom. The number of hydrogen-bond acceptors (Lipinski definition) is 3. The van der Waals surface area contributed by atoms with Crippen molar-refractivity contribution < 1.29 is 14.4 Å². The highest BCUT2D eigenvalue weighted by Gasteiger charge is 2.60. The Morgan fingerprint density at radius 3 is 2.33 bits per heavy atom. The molecule has 21 heavy (non-hydrogen) atoms. The highest BCUT2D eigenvalue weighted by atomic mass is 16.7. The summed E-state index contributed by atoms with van der Waals surface area (Å²) in [6.45, 7) is 5.80. The lowest BCUT2D eigenvalue weighted by Gasteiger charge is -2.65. The summed E-state index contributed by atoms with van der Waals surface area (Å²) < 4.78 is 4.91.